The first-order valence-corrected chi connectivity index (χ1v) is 9.37. The average Bonchev–Trinajstić information content (AvgIpc) is 3.00. The number of halogens is 1. The Kier molecular flexibility index (Phi) is 7.61. The summed E-state index contributed by atoms with van der Waals surface area (Å²) in [4.78, 5) is 4.82. The van der Waals surface area contributed by atoms with Crippen LogP contribution in [0.2, 0.25) is 0 Å². The molecule has 5 nitrogen and oxygen atoms in total. The number of hydrogen-bond donors (Lipinski definition) is 2. The van der Waals surface area contributed by atoms with Gasteiger partial charge in [-0.25, -0.2) is 0 Å². The first kappa shape index (κ1) is 20.2. The van der Waals surface area contributed by atoms with E-state index in [1.807, 2.05) is 0 Å². The normalized spacial score (nSPS) is 32.5. The number of nitrogens with one attached hydrogen (secondary N) is 2. The molecule has 0 aromatic carbocycles. The summed E-state index contributed by atoms with van der Waals surface area (Å²) in [6, 6.07) is 0.468. The van der Waals surface area contributed by atoms with E-state index in [4.69, 9.17) is 14.5 Å². The fraction of sp³-hybridized carbons (Fsp3) is 0.944. The quantitative estimate of drug-likeness (QED) is 0.384. The van der Waals surface area contributed by atoms with Gasteiger partial charge in [-0.15, -0.1) is 24.0 Å². The molecular formula is C18H34IN3O2. The maximum absolute atomic E-state index is 5.89. The van der Waals surface area contributed by atoms with E-state index in [2.05, 4.69) is 31.4 Å². The molecule has 3 unspecified atom stereocenters. The molecule has 3 aliphatic rings. The van der Waals surface area contributed by atoms with Crippen molar-refractivity contribution in [3.63, 3.8) is 0 Å². The van der Waals surface area contributed by atoms with E-state index in [0.717, 1.165) is 44.8 Å². The standard InChI is InChI=1S/C18H33N3O2.HI/c1-4-19-17(20-9-5-13-6-10-22-11-7-13)21-15-14-8-12-23-16(14)18(15,2)3;/h13-16H,4-12H2,1-3H3,(H2,19,20,21);1H. The number of hydrogen-bond acceptors (Lipinski definition) is 3. The Balaban J connectivity index is 0.00000208. The second kappa shape index (κ2) is 9.03. The Morgan fingerprint density at radius 2 is 1.92 bits per heavy atom. The van der Waals surface area contributed by atoms with Crippen LogP contribution in [0.15, 0.2) is 4.99 Å². The van der Waals surface area contributed by atoms with Crippen molar-refractivity contribution in [1.82, 2.24) is 10.6 Å². The molecular weight excluding hydrogens is 417 g/mol. The molecule has 0 amide bonds. The third-order valence-electron chi connectivity index (χ3n) is 5.89. The zero-order valence-corrected chi connectivity index (χ0v) is 17.7. The van der Waals surface area contributed by atoms with Crippen molar-refractivity contribution in [3.05, 3.63) is 0 Å². The summed E-state index contributed by atoms with van der Waals surface area (Å²) in [5.41, 5.74) is 0.193. The van der Waals surface area contributed by atoms with Gasteiger partial charge in [0.1, 0.15) is 0 Å². The summed E-state index contributed by atoms with van der Waals surface area (Å²) < 4.78 is 11.3. The Labute approximate surface area is 163 Å². The number of ether oxygens (including phenoxy) is 2. The lowest BCUT2D eigenvalue weighted by Crippen LogP contribution is -2.68. The Morgan fingerprint density at radius 3 is 2.62 bits per heavy atom. The van der Waals surface area contributed by atoms with Crippen molar-refractivity contribution < 1.29 is 9.47 Å². The molecule has 3 rings (SSSR count). The number of nitrogens with zero attached hydrogens (tertiary/aromatic N) is 1. The highest BCUT2D eigenvalue weighted by atomic mass is 127. The van der Waals surface area contributed by atoms with Crippen LogP contribution < -0.4 is 10.6 Å². The van der Waals surface area contributed by atoms with Gasteiger partial charge in [-0.1, -0.05) is 13.8 Å². The minimum atomic E-state index is 0. The van der Waals surface area contributed by atoms with Crippen LogP contribution in [-0.4, -0.2) is 51.0 Å². The van der Waals surface area contributed by atoms with Crippen molar-refractivity contribution in [1.29, 1.82) is 0 Å². The van der Waals surface area contributed by atoms with Crippen LogP contribution in [0.4, 0.5) is 0 Å². The maximum atomic E-state index is 5.89. The molecule has 6 heteroatoms. The molecule has 1 aliphatic carbocycles. The SMILES string of the molecule is CCNC(=NCCC1CCOCC1)NC1C2CCOC2C1(C)C.I. The average molecular weight is 451 g/mol. The van der Waals surface area contributed by atoms with Crippen molar-refractivity contribution in [2.75, 3.05) is 32.9 Å². The minimum Gasteiger partial charge on any atom is -0.381 e. The highest BCUT2D eigenvalue weighted by molar-refractivity contribution is 14.0. The van der Waals surface area contributed by atoms with Crippen LogP contribution in [0, 0.1) is 17.3 Å². The molecule has 140 valence electrons. The zero-order valence-electron chi connectivity index (χ0n) is 15.3. The van der Waals surface area contributed by atoms with Crippen LogP contribution in [0.25, 0.3) is 0 Å². The lowest BCUT2D eigenvalue weighted by atomic mass is 9.57. The van der Waals surface area contributed by atoms with Crippen molar-refractivity contribution in [3.8, 4) is 0 Å². The monoisotopic (exact) mass is 451 g/mol. The number of guanidine groups is 1. The summed E-state index contributed by atoms with van der Waals surface area (Å²) in [5, 5.41) is 7.10. The highest BCUT2D eigenvalue weighted by Crippen LogP contribution is 2.52. The molecule has 0 aromatic heterocycles. The van der Waals surface area contributed by atoms with E-state index in [-0.39, 0.29) is 29.4 Å². The first-order chi connectivity index (χ1) is 11.1. The molecule has 0 aromatic rings. The second-order valence-corrected chi connectivity index (χ2v) is 7.79. The maximum Gasteiger partial charge on any atom is 0.191 e. The van der Waals surface area contributed by atoms with Crippen molar-refractivity contribution >= 4 is 29.9 Å². The number of rotatable bonds is 5. The van der Waals surface area contributed by atoms with Crippen LogP contribution >= 0.6 is 24.0 Å². The number of aliphatic imine (C=N–C) groups is 1. The lowest BCUT2D eigenvalue weighted by Gasteiger charge is -2.54. The van der Waals surface area contributed by atoms with Gasteiger partial charge >= 0.3 is 0 Å². The first-order valence-electron chi connectivity index (χ1n) is 9.37. The molecule has 0 spiro atoms. The van der Waals surface area contributed by atoms with E-state index in [0.29, 0.717) is 18.1 Å². The van der Waals surface area contributed by atoms with E-state index >= 15 is 0 Å². The smallest absolute Gasteiger partial charge is 0.191 e. The molecule has 2 heterocycles. The summed E-state index contributed by atoms with van der Waals surface area (Å²) in [6.45, 7) is 11.3. The van der Waals surface area contributed by atoms with Gasteiger partial charge in [0.05, 0.1) is 6.10 Å². The predicted molar refractivity (Wildman–Crippen MR) is 108 cm³/mol. The topological polar surface area (TPSA) is 54.9 Å². The van der Waals surface area contributed by atoms with Crippen LogP contribution in [0.5, 0.6) is 0 Å². The zero-order chi connectivity index (χ0) is 16.3. The fourth-order valence-corrected chi connectivity index (χ4v) is 4.48. The van der Waals surface area contributed by atoms with Crippen molar-refractivity contribution in [2.45, 2.75) is 58.6 Å². The van der Waals surface area contributed by atoms with Gasteiger partial charge in [-0.3, -0.25) is 4.99 Å². The largest absolute Gasteiger partial charge is 0.381 e. The minimum absolute atomic E-state index is 0. The molecule has 24 heavy (non-hydrogen) atoms. The Bertz CT molecular complexity index is 424. The van der Waals surface area contributed by atoms with Crippen molar-refractivity contribution in [2.24, 2.45) is 22.2 Å². The van der Waals surface area contributed by atoms with Gasteiger partial charge in [0.2, 0.25) is 0 Å². The van der Waals surface area contributed by atoms with Crippen LogP contribution in [0.3, 0.4) is 0 Å². The van der Waals surface area contributed by atoms with E-state index in [1.165, 1.54) is 25.7 Å². The predicted octanol–water partition coefficient (Wildman–Crippen LogP) is 2.79. The molecule has 3 atom stereocenters. The Morgan fingerprint density at radius 1 is 1.17 bits per heavy atom. The molecule has 2 aliphatic heterocycles. The van der Waals surface area contributed by atoms with Gasteiger partial charge < -0.3 is 20.1 Å². The summed E-state index contributed by atoms with van der Waals surface area (Å²) in [7, 11) is 0. The molecule has 1 saturated carbocycles. The summed E-state index contributed by atoms with van der Waals surface area (Å²) >= 11 is 0. The van der Waals surface area contributed by atoms with Gasteiger partial charge in [-0.2, -0.15) is 0 Å². The highest BCUT2D eigenvalue weighted by Gasteiger charge is 2.59. The lowest BCUT2D eigenvalue weighted by molar-refractivity contribution is -0.106. The van der Waals surface area contributed by atoms with Gasteiger partial charge in [-0.05, 0) is 38.5 Å². The third kappa shape index (κ3) is 4.36. The third-order valence-corrected chi connectivity index (χ3v) is 5.89. The second-order valence-electron chi connectivity index (χ2n) is 7.79. The summed E-state index contributed by atoms with van der Waals surface area (Å²) in [5.74, 6) is 2.40. The van der Waals surface area contributed by atoms with E-state index in [1.54, 1.807) is 0 Å². The molecule has 2 N–H and O–H groups in total. The van der Waals surface area contributed by atoms with Crippen LogP contribution in [0.1, 0.15) is 46.5 Å². The summed E-state index contributed by atoms with van der Waals surface area (Å²) in [6.07, 6.45) is 5.15. The number of fused-ring (bicyclic) bond motifs is 1. The van der Waals surface area contributed by atoms with E-state index in [9.17, 15) is 0 Å². The fourth-order valence-electron chi connectivity index (χ4n) is 4.48. The van der Waals surface area contributed by atoms with Crippen LogP contribution in [-0.2, 0) is 9.47 Å². The van der Waals surface area contributed by atoms with Gasteiger partial charge in [0.15, 0.2) is 5.96 Å². The molecule has 2 saturated heterocycles. The van der Waals surface area contributed by atoms with Gasteiger partial charge in [0, 0.05) is 50.3 Å². The molecule has 3 fully saturated rings. The molecule has 0 radical (unpaired) electrons. The van der Waals surface area contributed by atoms with E-state index < -0.39 is 0 Å². The van der Waals surface area contributed by atoms with Gasteiger partial charge in [0.25, 0.3) is 0 Å². The Hall–Kier alpha value is -0.0800. The molecule has 0 bridgehead atoms.